The zero-order valence-corrected chi connectivity index (χ0v) is 21.6. The number of fused-ring (bicyclic) bond motifs is 2. The summed E-state index contributed by atoms with van der Waals surface area (Å²) in [5.41, 5.74) is 4.59. The minimum Gasteiger partial charge on any atom is -0.351 e. The molecule has 0 unspecified atom stereocenters. The van der Waals surface area contributed by atoms with Crippen molar-refractivity contribution in [1.29, 1.82) is 0 Å². The Morgan fingerprint density at radius 3 is 2.56 bits per heavy atom. The third-order valence-electron chi connectivity index (χ3n) is 7.02. The average Bonchev–Trinajstić information content (AvgIpc) is 3.39. The lowest BCUT2D eigenvalue weighted by Gasteiger charge is -2.24. The quantitative estimate of drug-likeness (QED) is 0.542. The monoisotopic (exact) mass is 501 g/mol. The van der Waals surface area contributed by atoms with E-state index >= 15 is 0 Å². The summed E-state index contributed by atoms with van der Waals surface area (Å²) in [6.07, 6.45) is 2.42. The van der Waals surface area contributed by atoms with Crippen LogP contribution >= 0.6 is 0 Å². The van der Waals surface area contributed by atoms with Crippen LogP contribution in [0.4, 0.5) is 5.69 Å². The first-order valence-corrected chi connectivity index (χ1v) is 13.6. The van der Waals surface area contributed by atoms with Gasteiger partial charge in [0.1, 0.15) is 0 Å². The Morgan fingerprint density at radius 1 is 0.972 bits per heavy atom. The highest BCUT2D eigenvalue weighted by Crippen LogP contribution is 2.36. The van der Waals surface area contributed by atoms with E-state index in [9.17, 15) is 13.8 Å². The van der Waals surface area contributed by atoms with Gasteiger partial charge in [-0.2, -0.15) is 0 Å². The molecule has 2 heterocycles. The van der Waals surface area contributed by atoms with Crippen molar-refractivity contribution in [2.75, 3.05) is 31.1 Å². The molecule has 0 saturated carbocycles. The van der Waals surface area contributed by atoms with Crippen molar-refractivity contribution >= 4 is 28.3 Å². The molecule has 5 rings (SSSR count). The predicted molar refractivity (Wildman–Crippen MR) is 142 cm³/mol. The number of carbonyl (C=O) groups excluding carboxylic acids is 2. The first-order valence-electron chi connectivity index (χ1n) is 12.5. The molecule has 1 N–H and O–H groups in total. The Kier molecular flexibility index (Phi) is 7.03. The fraction of sp³-hybridized carbons (Fsp3) is 0.310. The number of aryl methyl sites for hydroxylation is 2. The second-order valence-electron chi connectivity index (χ2n) is 9.57. The molecule has 0 radical (unpaired) electrons. The minimum atomic E-state index is -1.55. The van der Waals surface area contributed by atoms with Crippen molar-refractivity contribution in [3.63, 3.8) is 0 Å². The fourth-order valence-corrected chi connectivity index (χ4v) is 6.28. The van der Waals surface area contributed by atoms with Gasteiger partial charge in [-0.1, -0.05) is 35.9 Å². The van der Waals surface area contributed by atoms with Crippen LogP contribution in [0.15, 0.2) is 70.5 Å². The van der Waals surface area contributed by atoms with Gasteiger partial charge in [-0.3, -0.25) is 9.59 Å². The van der Waals surface area contributed by atoms with Crippen molar-refractivity contribution in [1.82, 2.24) is 10.2 Å². The van der Waals surface area contributed by atoms with E-state index in [2.05, 4.69) is 16.3 Å². The van der Waals surface area contributed by atoms with E-state index in [4.69, 9.17) is 0 Å². The first-order chi connectivity index (χ1) is 17.4. The van der Waals surface area contributed by atoms with Crippen LogP contribution in [0.25, 0.3) is 0 Å². The zero-order chi connectivity index (χ0) is 25.2. The minimum absolute atomic E-state index is 0.191. The van der Waals surface area contributed by atoms with Crippen molar-refractivity contribution in [2.45, 2.75) is 43.0 Å². The second-order valence-corrected chi connectivity index (χ2v) is 11.0. The van der Waals surface area contributed by atoms with E-state index in [0.717, 1.165) is 36.3 Å². The van der Waals surface area contributed by atoms with Crippen LogP contribution in [0, 0.1) is 13.8 Å². The van der Waals surface area contributed by atoms with Crippen LogP contribution in [0.1, 0.15) is 50.2 Å². The smallest absolute Gasteiger partial charge is 0.259 e. The number of likely N-dealkylation sites (tertiary alicyclic amines) is 1. The molecule has 0 bridgehead atoms. The molecule has 1 atom stereocenters. The molecule has 2 aliphatic rings. The van der Waals surface area contributed by atoms with Crippen molar-refractivity contribution in [2.24, 2.45) is 0 Å². The summed E-state index contributed by atoms with van der Waals surface area (Å²) in [6.45, 7) is 7.92. The zero-order valence-electron chi connectivity index (χ0n) is 20.8. The average molecular weight is 502 g/mol. The van der Waals surface area contributed by atoms with Gasteiger partial charge in [0, 0.05) is 18.7 Å². The van der Waals surface area contributed by atoms with Crippen LogP contribution in [0.3, 0.4) is 0 Å². The van der Waals surface area contributed by atoms with E-state index in [-0.39, 0.29) is 11.8 Å². The lowest BCUT2D eigenvalue weighted by Crippen LogP contribution is -2.34. The lowest BCUT2D eigenvalue weighted by molar-refractivity contribution is 0.0946. The van der Waals surface area contributed by atoms with Gasteiger partial charge in [0.15, 0.2) is 0 Å². The Balaban J connectivity index is 1.51. The molecule has 2 aliphatic heterocycles. The second kappa shape index (κ2) is 10.4. The summed E-state index contributed by atoms with van der Waals surface area (Å²) in [5.74, 6) is -0.408. The molecule has 3 aromatic carbocycles. The lowest BCUT2D eigenvalue weighted by atomic mass is 10.0. The summed E-state index contributed by atoms with van der Waals surface area (Å²) in [4.78, 5) is 31.9. The molecule has 6 nitrogen and oxygen atoms in total. The highest BCUT2D eigenvalue weighted by Gasteiger charge is 2.31. The molecule has 7 heteroatoms. The summed E-state index contributed by atoms with van der Waals surface area (Å²) in [7, 11) is -1.55. The highest BCUT2D eigenvalue weighted by molar-refractivity contribution is 7.85. The third-order valence-corrected chi connectivity index (χ3v) is 8.52. The maximum Gasteiger partial charge on any atom is 0.259 e. The van der Waals surface area contributed by atoms with Gasteiger partial charge in [0.05, 0.1) is 38.4 Å². The number of anilines is 1. The Hall–Kier alpha value is -3.29. The summed E-state index contributed by atoms with van der Waals surface area (Å²) in [6, 6.07) is 18.4. The SMILES string of the molecule is Cc1ccc(C)c(CN2C(=O)c3ccccc3[S@@](=O)c3ccc(C(=O)NCCN4CCCC4)cc32)c1. The largest absolute Gasteiger partial charge is 0.351 e. The molecule has 0 spiro atoms. The van der Waals surface area contributed by atoms with E-state index in [1.54, 1.807) is 47.4 Å². The van der Waals surface area contributed by atoms with Gasteiger partial charge in [0.2, 0.25) is 0 Å². The van der Waals surface area contributed by atoms with Gasteiger partial charge in [0.25, 0.3) is 11.8 Å². The number of amides is 2. The number of nitrogens with one attached hydrogen (secondary N) is 1. The summed E-state index contributed by atoms with van der Waals surface area (Å²) in [5, 5.41) is 3.01. The third kappa shape index (κ3) is 4.86. The van der Waals surface area contributed by atoms with Gasteiger partial charge in [-0.15, -0.1) is 0 Å². The van der Waals surface area contributed by atoms with Crippen LogP contribution in [0.2, 0.25) is 0 Å². The maximum absolute atomic E-state index is 13.8. The standard InChI is InChI=1S/C29H31N3O3S/c1-20-9-10-21(2)23(17-20)19-32-25-18-22(28(33)30-13-16-31-14-5-6-15-31)11-12-27(25)36(35)26-8-4-3-7-24(26)29(32)34/h3-4,7-12,17-18H,5-6,13-16,19H2,1-2H3,(H,30,33)/t36-/m1/s1. The maximum atomic E-state index is 13.8. The molecule has 0 aliphatic carbocycles. The van der Waals surface area contributed by atoms with Crippen LogP contribution in [0.5, 0.6) is 0 Å². The number of hydrogen-bond donors (Lipinski definition) is 1. The van der Waals surface area contributed by atoms with Crippen LogP contribution in [-0.4, -0.2) is 47.1 Å². The molecular weight excluding hydrogens is 470 g/mol. The van der Waals surface area contributed by atoms with E-state index in [0.29, 0.717) is 39.7 Å². The Labute approximate surface area is 214 Å². The van der Waals surface area contributed by atoms with E-state index in [1.807, 2.05) is 26.0 Å². The molecule has 3 aromatic rings. The molecule has 0 aromatic heterocycles. The molecule has 2 amide bonds. The van der Waals surface area contributed by atoms with Gasteiger partial charge < -0.3 is 15.1 Å². The normalized spacial score (nSPS) is 17.4. The van der Waals surface area contributed by atoms with Gasteiger partial charge in [-0.25, -0.2) is 4.21 Å². The molecular formula is C29H31N3O3S. The van der Waals surface area contributed by atoms with Gasteiger partial charge >= 0.3 is 0 Å². The topological polar surface area (TPSA) is 69.7 Å². The van der Waals surface area contributed by atoms with E-state index in [1.165, 1.54) is 12.8 Å². The van der Waals surface area contributed by atoms with Crippen molar-refractivity contribution in [3.05, 3.63) is 88.5 Å². The van der Waals surface area contributed by atoms with Crippen LogP contribution in [-0.2, 0) is 17.3 Å². The molecule has 36 heavy (non-hydrogen) atoms. The highest BCUT2D eigenvalue weighted by atomic mass is 32.2. The van der Waals surface area contributed by atoms with Crippen LogP contribution < -0.4 is 10.2 Å². The number of nitrogens with zero attached hydrogens (tertiary/aromatic N) is 2. The molecule has 1 saturated heterocycles. The Morgan fingerprint density at radius 2 is 1.75 bits per heavy atom. The first kappa shape index (κ1) is 24.4. The predicted octanol–water partition coefficient (Wildman–Crippen LogP) is 4.46. The number of benzene rings is 3. The number of hydrogen-bond acceptors (Lipinski definition) is 4. The molecule has 1 fully saturated rings. The number of carbonyl (C=O) groups is 2. The summed E-state index contributed by atoms with van der Waals surface area (Å²) < 4.78 is 13.6. The van der Waals surface area contributed by atoms with Crippen molar-refractivity contribution < 1.29 is 13.8 Å². The fourth-order valence-electron chi connectivity index (χ4n) is 4.94. The summed E-state index contributed by atoms with van der Waals surface area (Å²) >= 11 is 0. The number of rotatable bonds is 6. The van der Waals surface area contributed by atoms with Crippen molar-refractivity contribution in [3.8, 4) is 0 Å². The Bertz CT molecular complexity index is 1350. The molecule has 186 valence electrons. The van der Waals surface area contributed by atoms with E-state index < -0.39 is 10.8 Å². The van der Waals surface area contributed by atoms with Gasteiger partial charge in [-0.05, 0) is 81.2 Å².